The topological polar surface area (TPSA) is 12.0 Å². The van der Waals surface area contributed by atoms with E-state index in [1.54, 1.807) is 19.1 Å². The molecular weight excluding hydrogens is 263 g/mol. The Balaban J connectivity index is 2.44. The van der Waals surface area contributed by atoms with Crippen molar-refractivity contribution < 1.29 is 13.2 Å². The molecule has 0 aromatic heterocycles. The van der Waals surface area contributed by atoms with E-state index in [4.69, 9.17) is 0 Å². The quantitative estimate of drug-likeness (QED) is 0.888. The molecular formula is C16H16F3N. The van der Waals surface area contributed by atoms with Gasteiger partial charge in [-0.05, 0) is 48.4 Å². The molecule has 20 heavy (non-hydrogen) atoms. The predicted molar refractivity (Wildman–Crippen MR) is 73.0 cm³/mol. The first kappa shape index (κ1) is 14.6. The third-order valence-electron chi connectivity index (χ3n) is 3.20. The van der Waals surface area contributed by atoms with Gasteiger partial charge in [-0.25, -0.2) is 13.2 Å². The number of benzene rings is 2. The van der Waals surface area contributed by atoms with E-state index >= 15 is 0 Å². The summed E-state index contributed by atoms with van der Waals surface area (Å²) in [5.74, 6) is -2.04. The van der Waals surface area contributed by atoms with Gasteiger partial charge in [0.2, 0.25) is 0 Å². The molecule has 1 nitrogen and oxygen atoms in total. The van der Waals surface area contributed by atoms with Crippen molar-refractivity contribution in [1.82, 2.24) is 5.32 Å². The van der Waals surface area contributed by atoms with E-state index in [-0.39, 0.29) is 11.9 Å². The number of aryl methyl sites for hydroxylation is 1. The van der Waals surface area contributed by atoms with Crippen LogP contribution in [0.15, 0.2) is 36.4 Å². The minimum Gasteiger partial charge on any atom is -0.307 e. The lowest BCUT2D eigenvalue weighted by Gasteiger charge is -2.19. The highest BCUT2D eigenvalue weighted by Crippen LogP contribution is 2.25. The van der Waals surface area contributed by atoms with Crippen molar-refractivity contribution in [2.45, 2.75) is 19.9 Å². The van der Waals surface area contributed by atoms with Crippen LogP contribution in [0.3, 0.4) is 0 Å². The minimum atomic E-state index is -0.885. The summed E-state index contributed by atoms with van der Waals surface area (Å²) in [4.78, 5) is 0. The van der Waals surface area contributed by atoms with Gasteiger partial charge in [-0.1, -0.05) is 25.1 Å². The van der Waals surface area contributed by atoms with E-state index in [9.17, 15) is 13.2 Å². The summed E-state index contributed by atoms with van der Waals surface area (Å²) in [6.07, 6.45) is 0. The molecule has 0 aliphatic carbocycles. The molecule has 106 valence electrons. The first-order valence-electron chi connectivity index (χ1n) is 6.47. The third-order valence-corrected chi connectivity index (χ3v) is 3.20. The van der Waals surface area contributed by atoms with Crippen molar-refractivity contribution >= 4 is 0 Å². The van der Waals surface area contributed by atoms with Crippen LogP contribution in [-0.2, 0) is 0 Å². The highest BCUT2D eigenvalue weighted by atomic mass is 19.2. The summed E-state index contributed by atoms with van der Waals surface area (Å²) in [5, 5.41) is 3.20. The number of hydrogen-bond donors (Lipinski definition) is 1. The van der Waals surface area contributed by atoms with Gasteiger partial charge in [0.25, 0.3) is 0 Å². The van der Waals surface area contributed by atoms with Crippen LogP contribution >= 0.6 is 0 Å². The van der Waals surface area contributed by atoms with Crippen molar-refractivity contribution in [2.75, 3.05) is 6.54 Å². The minimum absolute atomic E-state index is 0.283. The Bertz CT molecular complexity index is 559. The van der Waals surface area contributed by atoms with E-state index < -0.39 is 11.6 Å². The van der Waals surface area contributed by atoms with Crippen molar-refractivity contribution in [2.24, 2.45) is 0 Å². The molecule has 0 amide bonds. The maximum atomic E-state index is 13.4. The fourth-order valence-corrected chi connectivity index (χ4v) is 2.17. The molecule has 4 heteroatoms. The molecule has 0 aliphatic heterocycles. The van der Waals surface area contributed by atoms with Gasteiger partial charge in [-0.2, -0.15) is 0 Å². The van der Waals surface area contributed by atoms with Gasteiger partial charge in [0.05, 0.1) is 6.04 Å². The van der Waals surface area contributed by atoms with Crippen LogP contribution in [0, 0.1) is 24.4 Å². The van der Waals surface area contributed by atoms with Gasteiger partial charge in [0, 0.05) is 0 Å². The van der Waals surface area contributed by atoms with Gasteiger partial charge in [-0.3, -0.25) is 0 Å². The molecule has 0 aliphatic rings. The second-order valence-electron chi connectivity index (χ2n) is 4.67. The van der Waals surface area contributed by atoms with Crippen LogP contribution in [-0.4, -0.2) is 6.54 Å². The van der Waals surface area contributed by atoms with E-state index in [2.05, 4.69) is 5.32 Å². The molecule has 0 heterocycles. The van der Waals surface area contributed by atoms with Gasteiger partial charge < -0.3 is 5.32 Å². The van der Waals surface area contributed by atoms with E-state index in [0.29, 0.717) is 17.7 Å². The summed E-state index contributed by atoms with van der Waals surface area (Å²) >= 11 is 0. The second-order valence-corrected chi connectivity index (χ2v) is 4.67. The molecule has 2 aromatic rings. The standard InChI is InChI=1S/C16H16F3N/c1-3-20-16(11-4-6-13(17)10(2)8-11)12-5-7-14(18)15(19)9-12/h4-9,16,20H,3H2,1-2H3. The molecule has 0 radical (unpaired) electrons. The molecule has 0 spiro atoms. The zero-order chi connectivity index (χ0) is 14.7. The number of hydrogen-bond acceptors (Lipinski definition) is 1. The summed E-state index contributed by atoms with van der Waals surface area (Å²) < 4.78 is 39.7. The molecule has 0 fully saturated rings. The van der Waals surface area contributed by atoms with E-state index in [0.717, 1.165) is 11.6 Å². The lowest BCUT2D eigenvalue weighted by molar-refractivity contribution is 0.504. The summed E-state index contributed by atoms with van der Waals surface area (Å²) in [7, 11) is 0. The maximum Gasteiger partial charge on any atom is 0.159 e. The van der Waals surface area contributed by atoms with Crippen LogP contribution in [0.1, 0.15) is 29.7 Å². The van der Waals surface area contributed by atoms with Gasteiger partial charge in [0.1, 0.15) is 5.82 Å². The molecule has 1 atom stereocenters. The van der Waals surface area contributed by atoms with Crippen molar-refractivity contribution in [1.29, 1.82) is 0 Å². The Kier molecular flexibility index (Phi) is 4.45. The molecule has 2 rings (SSSR count). The summed E-state index contributed by atoms with van der Waals surface area (Å²) in [6, 6.07) is 8.25. The zero-order valence-electron chi connectivity index (χ0n) is 11.4. The Morgan fingerprint density at radius 1 is 0.900 bits per heavy atom. The summed E-state index contributed by atoms with van der Waals surface area (Å²) in [5.41, 5.74) is 1.95. The molecule has 0 saturated heterocycles. The van der Waals surface area contributed by atoms with Gasteiger partial charge in [0.15, 0.2) is 11.6 Å². The monoisotopic (exact) mass is 279 g/mol. The van der Waals surface area contributed by atoms with Crippen molar-refractivity contribution in [3.8, 4) is 0 Å². The van der Waals surface area contributed by atoms with Crippen molar-refractivity contribution in [3.05, 3.63) is 70.5 Å². The third kappa shape index (κ3) is 3.02. The van der Waals surface area contributed by atoms with Crippen LogP contribution in [0.5, 0.6) is 0 Å². The first-order chi connectivity index (χ1) is 9.52. The maximum absolute atomic E-state index is 13.4. The Morgan fingerprint density at radius 3 is 2.05 bits per heavy atom. The smallest absolute Gasteiger partial charge is 0.159 e. The highest BCUT2D eigenvalue weighted by Gasteiger charge is 2.16. The first-order valence-corrected chi connectivity index (χ1v) is 6.47. The van der Waals surface area contributed by atoms with Crippen molar-refractivity contribution in [3.63, 3.8) is 0 Å². The van der Waals surface area contributed by atoms with Gasteiger partial charge >= 0.3 is 0 Å². The molecule has 0 saturated carbocycles. The normalized spacial score (nSPS) is 12.4. The fraction of sp³-hybridized carbons (Fsp3) is 0.250. The Hall–Kier alpha value is -1.81. The average molecular weight is 279 g/mol. The number of rotatable bonds is 4. The molecule has 1 N–H and O–H groups in total. The average Bonchev–Trinajstić information content (AvgIpc) is 2.43. The Morgan fingerprint density at radius 2 is 1.50 bits per heavy atom. The van der Waals surface area contributed by atoms with E-state index in [1.807, 2.05) is 6.92 Å². The lowest BCUT2D eigenvalue weighted by atomic mass is 9.97. The Labute approximate surface area is 116 Å². The number of nitrogens with one attached hydrogen (secondary N) is 1. The molecule has 2 aromatic carbocycles. The predicted octanol–water partition coefficient (Wildman–Crippen LogP) is 4.11. The van der Waals surface area contributed by atoms with Crippen LogP contribution in [0.25, 0.3) is 0 Å². The summed E-state index contributed by atoms with van der Waals surface area (Å²) in [6.45, 7) is 4.25. The fourth-order valence-electron chi connectivity index (χ4n) is 2.17. The zero-order valence-corrected chi connectivity index (χ0v) is 11.4. The lowest BCUT2D eigenvalue weighted by Crippen LogP contribution is -2.22. The van der Waals surface area contributed by atoms with Gasteiger partial charge in [-0.15, -0.1) is 0 Å². The second kappa shape index (κ2) is 6.09. The van der Waals surface area contributed by atoms with Crippen LogP contribution in [0.4, 0.5) is 13.2 Å². The molecule has 0 bridgehead atoms. The highest BCUT2D eigenvalue weighted by molar-refractivity contribution is 5.35. The molecule has 1 unspecified atom stereocenters. The van der Waals surface area contributed by atoms with E-state index in [1.165, 1.54) is 18.2 Å². The SMILES string of the molecule is CCNC(c1ccc(F)c(C)c1)c1ccc(F)c(F)c1. The largest absolute Gasteiger partial charge is 0.307 e. The number of halogens is 3. The van der Waals surface area contributed by atoms with Crippen LogP contribution in [0.2, 0.25) is 0 Å². The van der Waals surface area contributed by atoms with Crippen LogP contribution < -0.4 is 5.32 Å².